The zero-order chi connectivity index (χ0) is 12.5. The molecule has 0 radical (unpaired) electrons. The van der Waals surface area contributed by atoms with Gasteiger partial charge in [-0.1, -0.05) is 6.42 Å². The van der Waals surface area contributed by atoms with Crippen LogP contribution in [0.15, 0.2) is 0 Å². The molecule has 2 atom stereocenters. The summed E-state index contributed by atoms with van der Waals surface area (Å²) in [6.45, 7) is 6.82. The lowest BCUT2D eigenvalue weighted by Gasteiger charge is -2.39. The second-order valence-corrected chi connectivity index (χ2v) is 5.90. The third-order valence-electron chi connectivity index (χ3n) is 4.02. The molecule has 98 valence electrons. The molecule has 0 unspecified atom stereocenters. The van der Waals surface area contributed by atoms with E-state index in [-0.39, 0.29) is 11.5 Å². The first-order valence-corrected chi connectivity index (χ1v) is 6.66. The molecule has 1 heterocycles. The number of hydrogen-bond donors (Lipinski definition) is 1. The summed E-state index contributed by atoms with van der Waals surface area (Å²) in [5.74, 6) is 0.858. The van der Waals surface area contributed by atoms with Crippen molar-refractivity contribution >= 4 is 5.91 Å². The molecule has 0 bridgehead atoms. The van der Waals surface area contributed by atoms with Gasteiger partial charge in [-0.3, -0.25) is 4.79 Å². The smallest absolute Gasteiger partial charge is 0.226 e. The molecule has 0 aromatic heterocycles. The first-order chi connectivity index (χ1) is 8.03. The molecule has 0 aromatic carbocycles. The zero-order valence-electron chi connectivity index (χ0n) is 10.9. The van der Waals surface area contributed by atoms with Crippen LogP contribution in [-0.4, -0.2) is 42.6 Å². The van der Waals surface area contributed by atoms with E-state index in [4.69, 9.17) is 10.5 Å². The maximum atomic E-state index is 12.5. The van der Waals surface area contributed by atoms with Crippen molar-refractivity contribution < 1.29 is 9.53 Å². The number of ether oxygens (including phenoxy) is 1. The summed E-state index contributed by atoms with van der Waals surface area (Å²) in [5.41, 5.74) is 5.55. The van der Waals surface area contributed by atoms with Crippen LogP contribution in [-0.2, 0) is 9.53 Å². The Morgan fingerprint density at radius 3 is 2.88 bits per heavy atom. The van der Waals surface area contributed by atoms with Crippen molar-refractivity contribution in [1.29, 1.82) is 0 Å². The SMILES string of the molecule is CC1(C)CN(C(=O)[C@@H]2CCC[C@@H]2CN)CCO1. The van der Waals surface area contributed by atoms with E-state index in [1.54, 1.807) is 0 Å². The monoisotopic (exact) mass is 240 g/mol. The van der Waals surface area contributed by atoms with E-state index in [1.165, 1.54) is 0 Å². The minimum absolute atomic E-state index is 0.161. The van der Waals surface area contributed by atoms with Crippen LogP contribution in [0, 0.1) is 11.8 Å². The van der Waals surface area contributed by atoms with E-state index in [1.807, 2.05) is 18.7 Å². The number of nitrogens with zero attached hydrogens (tertiary/aromatic N) is 1. The van der Waals surface area contributed by atoms with Crippen LogP contribution < -0.4 is 5.73 Å². The molecule has 4 heteroatoms. The van der Waals surface area contributed by atoms with Crippen LogP contribution in [0.4, 0.5) is 0 Å². The average Bonchev–Trinajstić information content (AvgIpc) is 2.74. The van der Waals surface area contributed by atoms with Crippen molar-refractivity contribution in [2.75, 3.05) is 26.2 Å². The Morgan fingerprint density at radius 1 is 1.47 bits per heavy atom. The first-order valence-electron chi connectivity index (χ1n) is 6.66. The maximum Gasteiger partial charge on any atom is 0.226 e. The van der Waals surface area contributed by atoms with Gasteiger partial charge in [-0.25, -0.2) is 0 Å². The topological polar surface area (TPSA) is 55.6 Å². The molecular weight excluding hydrogens is 216 g/mol. The summed E-state index contributed by atoms with van der Waals surface area (Å²) in [5, 5.41) is 0. The third-order valence-corrected chi connectivity index (χ3v) is 4.02. The summed E-state index contributed by atoms with van der Waals surface area (Å²) < 4.78 is 5.64. The lowest BCUT2D eigenvalue weighted by molar-refractivity contribution is -0.151. The van der Waals surface area contributed by atoms with Gasteiger partial charge in [0.25, 0.3) is 0 Å². The van der Waals surface area contributed by atoms with Gasteiger partial charge in [0.1, 0.15) is 0 Å². The van der Waals surface area contributed by atoms with Gasteiger partial charge in [0.2, 0.25) is 5.91 Å². The van der Waals surface area contributed by atoms with Gasteiger partial charge in [-0.15, -0.1) is 0 Å². The third kappa shape index (κ3) is 2.80. The molecule has 2 fully saturated rings. The van der Waals surface area contributed by atoms with E-state index in [2.05, 4.69) is 0 Å². The number of nitrogens with two attached hydrogens (primary N) is 1. The standard InChI is InChI=1S/C13H24N2O2/c1-13(2)9-15(6-7-17-13)12(16)11-5-3-4-10(11)8-14/h10-11H,3-9,14H2,1-2H3/t10-,11-/m1/s1. The predicted molar refractivity (Wildman–Crippen MR) is 66.5 cm³/mol. The fourth-order valence-electron chi connectivity index (χ4n) is 3.08. The Balaban J connectivity index is 1.99. The van der Waals surface area contributed by atoms with Crippen LogP contribution in [0.5, 0.6) is 0 Å². The van der Waals surface area contributed by atoms with Crippen molar-refractivity contribution in [3.63, 3.8) is 0 Å². The number of carbonyl (C=O) groups is 1. The number of hydrogen-bond acceptors (Lipinski definition) is 3. The molecule has 0 spiro atoms. The van der Waals surface area contributed by atoms with Gasteiger partial charge in [0.05, 0.1) is 12.2 Å². The normalized spacial score (nSPS) is 32.8. The molecule has 2 N–H and O–H groups in total. The lowest BCUT2D eigenvalue weighted by atomic mass is 9.94. The van der Waals surface area contributed by atoms with E-state index < -0.39 is 0 Å². The fraction of sp³-hybridized carbons (Fsp3) is 0.923. The minimum atomic E-state index is -0.204. The highest BCUT2D eigenvalue weighted by atomic mass is 16.5. The largest absolute Gasteiger partial charge is 0.372 e. The molecular formula is C13H24N2O2. The predicted octanol–water partition coefficient (Wildman–Crippen LogP) is 0.999. The Morgan fingerprint density at radius 2 is 2.24 bits per heavy atom. The second kappa shape index (κ2) is 4.94. The summed E-state index contributed by atoms with van der Waals surface area (Å²) in [6, 6.07) is 0. The van der Waals surface area contributed by atoms with Gasteiger partial charge >= 0.3 is 0 Å². The van der Waals surface area contributed by atoms with E-state index in [9.17, 15) is 4.79 Å². The van der Waals surface area contributed by atoms with Crippen molar-refractivity contribution in [3.8, 4) is 0 Å². The van der Waals surface area contributed by atoms with E-state index in [0.717, 1.165) is 25.8 Å². The highest BCUT2D eigenvalue weighted by Crippen LogP contribution is 2.33. The van der Waals surface area contributed by atoms with Crippen LogP contribution in [0.25, 0.3) is 0 Å². The molecule has 2 rings (SSSR count). The van der Waals surface area contributed by atoms with Crippen LogP contribution in [0.3, 0.4) is 0 Å². The van der Waals surface area contributed by atoms with Gasteiger partial charge in [0.15, 0.2) is 0 Å². The maximum absolute atomic E-state index is 12.5. The highest BCUT2D eigenvalue weighted by molar-refractivity contribution is 5.79. The Bertz CT molecular complexity index is 291. The molecule has 1 amide bonds. The first kappa shape index (κ1) is 12.8. The van der Waals surface area contributed by atoms with Crippen molar-refractivity contribution in [2.24, 2.45) is 17.6 Å². The number of rotatable bonds is 2. The second-order valence-electron chi connectivity index (χ2n) is 5.90. The van der Waals surface area contributed by atoms with Crippen molar-refractivity contribution in [1.82, 2.24) is 4.90 Å². The average molecular weight is 240 g/mol. The molecule has 0 aromatic rings. The summed E-state index contributed by atoms with van der Waals surface area (Å²) >= 11 is 0. The fourth-order valence-corrected chi connectivity index (χ4v) is 3.08. The lowest BCUT2D eigenvalue weighted by Crippen LogP contribution is -2.52. The summed E-state index contributed by atoms with van der Waals surface area (Å²) in [6.07, 6.45) is 3.27. The molecule has 1 aliphatic carbocycles. The van der Waals surface area contributed by atoms with Crippen LogP contribution >= 0.6 is 0 Å². The van der Waals surface area contributed by atoms with Crippen molar-refractivity contribution in [2.45, 2.75) is 38.7 Å². The Labute approximate surface area is 103 Å². The van der Waals surface area contributed by atoms with Crippen LogP contribution in [0.2, 0.25) is 0 Å². The number of amides is 1. The molecule has 2 aliphatic rings. The summed E-state index contributed by atoms with van der Waals surface area (Å²) in [7, 11) is 0. The van der Waals surface area contributed by atoms with E-state index in [0.29, 0.717) is 31.5 Å². The number of carbonyl (C=O) groups excluding carboxylic acids is 1. The van der Waals surface area contributed by atoms with Gasteiger partial charge in [-0.05, 0) is 39.2 Å². The molecule has 1 aliphatic heterocycles. The van der Waals surface area contributed by atoms with Gasteiger partial charge < -0.3 is 15.4 Å². The van der Waals surface area contributed by atoms with Gasteiger partial charge in [0, 0.05) is 19.0 Å². The van der Waals surface area contributed by atoms with Crippen LogP contribution in [0.1, 0.15) is 33.1 Å². The van der Waals surface area contributed by atoms with E-state index >= 15 is 0 Å². The zero-order valence-corrected chi connectivity index (χ0v) is 10.9. The Kier molecular flexibility index (Phi) is 3.73. The molecule has 1 saturated carbocycles. The molecule has 4 nitrogen and oxygen atoms in total. The number of morpholine rings is 1. The highest BCUT2D eigenvalue weighted by Gasteiger charge is 2.38. The van der Waals surface area contributed by atoms with Crippen molar-refractivity contribution in [3.05, 3.63) is 0 Å². The minimum Gasteiger partial charge on any atom is -0.372 e. The Hall–Kier alpha value is -0.610. The molecule has 1 saturated heterocycles. The quantitative estimate of drug-likeness (QED) is 0.783. The molecule has 17 heavy (non-hydrogen) atoms. The summed E-state index contributed by atoms with van der Waals surface area (Å²) in [4.78, 5) is 14.4. The van der Waals surface area contributed by atoms with Gasteiger partial charge in [-0.2, -0.15) is 0 Å².